The van der Waals surface area contributed by atoms with Gasteiger partial charge in [-0.2, -0.15) is 0 Å². The molecule has 0 aliphatic heterocycles. The summed E-state index contributed by atoms with van der Waals surface area (Å²) in [5.41, 5.74) is 1.04. The second kappa shape index (κ2) is 9.20. The zero-order chi connectivity index (χ0) is 14.8. The van der Waals surface area contributed by atoms with Crippen molar-refractivity contribution in [1.29, 1.82) is 0 Å². The molecule has 2 amide bonds. The van der Waals surface area contributed by atoms with E-state index in [-0.39, 0.29) is 24.7 Å². The van der Waals surface area contributed by atoms with Gasteiger partial charge in [-0.1, -0.05) is 18.2 Å². The van der Waals surface area contributed by atoms with Gasteiger partial charge in [0.2, 0.25) is 0 Å². The van der Waals surface area contributed by atoms with E-state index >= 15 is 0 Å². The van der Waals surface area contributed by atoms with Gasteiger partial charge in [-0.25, -0.2) is 4.79 Å². The SMILES string of the molecule is CC(CCCO)NC(=O)NC(C)CNc1ccccc1. The van der Waals surface area contributed by atoms with Gasteiger partial charge in [-0.05, 0) is 38.8 Å². The van der Waals surface area contributed by atoms with Gasteiger partial charge in [-0.3, -0.25) is 0 Å². The zero-order valence-corrected chi connectivity index (χ0v) is 12.2. The first-order chi connectivity index (χ1) is 9.61. The number of nitrogens with one attached hydrogen (secondary N) is 3. The average molecular weight is 279 g/mol. The Morgan fingerprint density at radius 3 is 2.45 bits per heavy atom. The second-order valence-electron chi connectivity index (χ2n) is 5.03. The molecule has 112 valence electrons. The number of carbonyl (C=O) groups is 1. The molecule has 1 rings (SSSR count). The molecule has 0 aliphatic rings. The van der Waals surface area contributed by atoms with Crippen molar-refractivity contribution in [3.05, 3.63) is 30.3 Å². The van der Waals surface area contributed by atoms with Crippen LogP contribution >= 0.6 is 0 Å². The minimum Gasteiger partial charge on any atom is -0.396 e. The Morgan fingerprint density at radius 2 is 1.80 bits per heavy atom. The number of anilines is 1. The lowest BCUT2D eigenvalue weighted by molar-refractivity contribution is 0.232. The maximum atomic E-state index is 11.7. The molecular weight excluding hydrogens is 254 g/mol. The highest BCUT2D eigenvalue weighted by molar-refractivity contribution is 5.74. The Balaban J connectivity index is 2.21. The molecule has 2 unspecified atom stereocenters. The number of para-hydroxylation sites is 1. The van der Waals surface area contributed by atoms with Gasteiger partial charge in [0.25, 0.3) is 0 Å². The molecule has 0 spiro atoms. The van der Waals surface area contributed by atoms with Crippen molar-refractivity contribution in [3.63, 3.8) is 0 Å². The van der Waals surface area contributed by atoms with E-state index in [0.29, 0.717) is 13.0 Å². The third-order valence-corrected chi connectivity index (χ3v) is 2.94. The number of benzene rings is 1. The van der Waals surface area contributed by atoms with E-state index in [1.54, 1.807) is 0 Å². The number of aliphatic hydroxyl groups excluding tert-OH is 1. The molecule has 0 heterocycles. The van der Waals surface area contributed by atoms with E-state index in [0.717, 1.165) is 12.1 Å². The normalized spacial score (nSPS) is 13.3. The third-order valence-electron chi connectivity index (χ3n) is 2.94. The highest BCUT2D eigenvalue weighted by atomic mass is 16.3. The van der Waals surface area contributed by atoms with Crippen molar-refractivity contribution in [3.8, 4) is 0 Å². The van der Waals surface area contributed by atoms with Crippen LogP contribution in [0.25, 0.3) is 0 Å². The van der Waals surface area contributed by atoms with Crippen molar-refractivity contribution in [2.24, 2.45) is 0 Å². The standard InChI is InChI=1S/C15H25N3O2/c1-12(7-6-10-19)17-15(20)18-13(2)11-16-14-8-4-3-5-9-14/h3-5,8-9,12-13,16,19H,6-7,10-11H2,1-2H3,(H2,17,18,20). The average Bonchev–Trinajstić information content (AvgIpc) is 2.44. The number of rotatable bonds is 8. The minimum absolute atomic E-state index is 0.0280. The van der Waals surface area contributed by atoms with Crippen molar-refractivity contribution in [2.75, 3.05) is 18.5 Å². The molecule has 5 heteroatoms. The molecule has 5 nitrogen and oxygen atoms in total. The number of carbonyl (C=O) groups excluding carboxylic acids is 1. The van der Waals surface area contributed by atoms with Crippen LogP contribution < -0.4 is 16.0 Å². The van der Waals surface area contributed by atoms with Gasteiger partial charge >= 0.3 is 6.03 Å². The molecule has 0 aliphatic carbocycles. The monoisotopic (exact) mass is 279 g/mol. The van der Waals surface area contributed by atoms with Crippen molar-refractivity contribution >= 4 is 11.7 Å². The van der Waals surface area contributed by atoms with Crippen LogP contribution in [-0.4, -0.2) is 36.4 Å². The summed E-state index contributed by atoms with van der Waals surface area (Å²) in [6.45, 7) is 4.71. The third kappa shape index (κ3) is 6.99. The van der Waals surface area contributed by atoms with Crippen LogP contribution in [0.15, 0.2) is 30.3 Å². The van der Waals surface area contributed by atoms with Crippen LogP contribution in [0.5, 0.6) is 0 Å². The summed E-state index contributed by atoms with van der Waals surface area (Å²) in [7, 11) is 0. The maximum Gasteiger partial charge on any atom is 0.315 e. The molecule has 0 bridgehead atoms. The fourth-order valence-corrected chi connectivity index (χ4v) is 1.84. The van der Waals surface area contributed by atoms with Gasteiger partial charge in [0.05, 0.1) is 0 Å². The molecule has 2 atom stereocenters. The van der Waals surface area contributed by atoms with Crippen molar-refractivity contribution < 1.29 is 9.90 Å². The van der Waals surface area contributed by atoms with E-state index in [1.165, 1.54) is 0 Å². The predicted octanol–water partition coefficient (Wildman–Crippen LogP) is 1.95. The molecule has 1 aromatic rings. The Bertz CT molecular complexity index is 384. The molecule has 20 heavy (non-hydrogen) atoms. The van der Waals surface area contributed by atoms with E-state index in [4.69, 9.17) is 5.11 Å². The molecule has 1 aromatic carbocycles. The van der Waals surface area contributed by atoms with Crippen LogP contribution in [0.4, 0.5) is 10.5 Å². The summed E-state index contributed by atoms with van der Waals surface area (Å²) in [5, 5.41) is 17.7. The molecule has 4 N–H and O–H groups in total. The van der Waals surface area contributed by atoms with E-state index < -0.39 is 0 Å². The summed E-state index contributed by atoms with van der Waals surface area (Å²) in [5.74, 6) is 0. The Labute approximate surface area is 120 Å². The van der Waals surface area contributed by atoms with Gasteiger partial charge < -0.3 is 21.1 Å². The van der Waals surface area contributed by atoms with Gasteiger partial charge in [-0.15, -0.1) is 0 Å². The lowest BCUT2D eigenvalue weighted by Gasteiger charge is -2.18. The molecule has 0 fully saturated rings. The summed E-state index contributed by atoms with van der Waals surface area (Å²) in [6.07, 6.45) is 1.48. The maximum absolute atomic E-state index is 11.7. The van der Waals surface area contributed by atoms with Crippen LogP contribution in [0, 0.1) is 0 Å². The Hall–Kier alpha value is -1.75. The van der Waals surface area contributed by atoms with Crippen molar-refractivity contribution in [1.82, 2.24) is 10.6 Å². The lowest BCUT2D eigenvalue weighted by Crippen LogP contribution is -2.46. The minimum atomic E-state index is -0.169. The Morgan fingerprint density at radius 1 is 1.15 bits per heavy atom. The summed E-state index contributed by atoms with van der Waals surface area (Å²) in [4.78, 5) is 11.7. The predicted molar refractivity (Wildman–Crippen MR) is 81.8 cm³/mol. The van der Waals surface area contributed by atoms with E-state index in [1.807, 2.05) is 44.2 Å². The molecule has 0 saturated heterocycles. The van der Waals surface area contributed by atoms with Gasteiger partial charge in [0, 0.05) is 30.9 Å². The fourth-order valence-electron chi connectivity index (χ4n) is 1.84. The summed E-state index contributed by atoms with van der Waals surface area (Å²) < 4.78 is 0. The molecular formula is C15H25N3O2. The summed E-state index contributed by atoms with van der Waals surface area (Å²) in [6, 6.07) is 9.81. The fraction of sp³-hybridized carbons (Fsp3) is 0.533. The first-order valence-corrected chi connectivity index (χ1v) is 7.08. The van der Waals surface area contributed by atoms with Gasteiger partial charge in [0.15, 0.2) is 0 Å². The van der Waals surface area contributed by atoms with E-state index in [9.17, 15) is 4.79 Å². The number of hydrogen-bond acceptors (Lipinski definition) is 3. The van der Waals surface area contributed by atoms with Crippen LogP contribution in [0.3, 0.4) is 0 Å². The molecule has 0 radical (unpaired) electrons. The van der Waals surface area contributed by atoms with Gasteiger partial charge in [0.1, 0.15) is 0 Å². The summed E-state index contributed by atoms with van der Waals surface area (Å²) >= 11 is 0. The Kier molecular flexibility index (Phi) is 7.50. The number of urea groups is 1. The number of hydrogen-bond donors (Lipinski definition) is 4. The van der Waals surface area contributed by atoms with E-state index in [2.05, 4.69) is 16.0 Å². The van der Waals surface area contributed by atoms with Crippen LogP contribution in [-0.2, 0) is 0 Å². The first kappa shape index (κ1) is 16.3. The second-order valence-corrected chi connectivity index (χ2v) is 5.03. The largest absolute Gasteiger partial charge is 0.396 e. The highest BCUT2D eigenvalue weighted by Crippen LogP contribution is 2.04. The molecule has 0 aromatic heterocycles. The van der Waals surface area contributed by atoms with Crippen LogP contribution in [0.1, 0.15) is 26.7 Å². The first-order valence-electron chi connectivity index (χ1n) is 7.08. The topological polar surface area (TPSA) is 73.4 Å². The zero-order valence-electron chi connectivity index (χ0n) is 12.2. The lowest BCUT2D eigenvalue weighted by atomic mass is 10.2. The highest BCUT2D eigenvalue weighted by Gasteiger charge is 2.09. The van der Waals surface area contributed by atoms with Crippen molar-refractivity contribution in [2.45, 2.75) is 38.8 Å². The number of aliphatic hydroxyl groups is 1. The smallest absolute Gasteiger partial charge is 0.315 e. The quantitative estimate of drug-likeness (QED) is 0.587. The number of amides is 2. The van der Waals surface area contributed by atoms with Crippen LogP contribution in [0.2, 0.25) is 0 Å². The molecule has 0 saturated carbocycles.